The molecule has 4 heteroatoms. The summed E-state index contributed by atoms with van der Waals surface area (Å²) in [5, 5.41) is 1.45. The average molecular weight is 303 g/mol. The third-order valence-corrected chi connectivity index (χ3v) is 4.11. The summed E-state index contributed by atoms with van der Waals surface area (Å²) in [6.45, 7) is 2.02. The average Bonchev–Trinajstić information content (AvgIpc) is 2.40. The fourth-order valence-corrected chi connectivity index (χ4v) is 3.09. The summed E-state index contributed by atoms with van der Waals surface area (Å²) in [4.78, 5) is 13.6. The molecule has 2 nitrogen and oxygen atoms in total. The van der Waals surface area contributed by atoms with E-state index in [4.69, 9.17) is 16.0 Å². The highest BCUT2D eigenvalue weighted by molar-refractivity contribution is 7.99. The van der Waals surface area contributed by atoms with Crippen LogP contribution in [0.2, 0.25) is 5.02 Å². The molecule has 0 unspecified atom stereocenters. The highest BCUT2D eigenvalue weighted by atomic mass is 35.5. The topological polar surface area (TPSA) is 30.2 Å². The van der Waals surface area contributed by atoms with E-state index in [0.29, 0.717) is 15.5 Å². The zero-order valence-corrected chi connectivity index (χ0v) is 12.3. The van der Waals surface area contributed by atoms with Crippen LogP contribution in [0.25, 0.3) is 11.0 Å². The number of halogens is 1. The van der Waals surface area contributed by atoms with Crippen molar-refractivity contribution >= 4 is 34.3 Å². The van der Waals surface area contributed by atoms with Crippen LogP contribution in [0.4, 0.5) is 0 Å². The molecule has 3 aromatic rings. The van der Waals surface area contributed by atoms with Crippen molar-refractivity contribution in [3.05, 3.63) is 69.5 Å². The van der Waals surface area contributed by atoms with Gasteiger partial charge in [-0.05, 0) is 43.3 Å². The Bertz CT molecular complexity index is 839. The van der Waals surface area contributed by atoms with Crippen molar-refractivity contribution < 1.29 is 4.42 Å². The molecule has 2 aromatic carbocycles. The van der Waals surface area contributed by atoms with E-state index >= 15 is 0 Å². The van der Waals surface area contributed by atoms with Crippen molar-refractivity contribution in [2.45, 2.75) is 16.7 Å². The second kappa shape index (κ2) is 5.35. The van der Waals surface area contributed by atoms with E-state index < -0.39 is 0 Å². The minimum Gasteiger partial charge on any atom is -0.422 e. The Morgan fingerprint density at radius 2 is 1.95 bits per heavy atom. The second-order valence-electron chi connectivity index (χ2n) is 4.50. The van der Waals surface area contributed by atoms with Crippen LogP contribution in [-0.2, 0) is 0 Å². The minimum absolute atomic E-state index is 0.327. The van der Waals surface area contributed by atoms with E-state index in [1.54, 1.807) is 18.2 Å². The van der Waals surface area contributed by atoms with E-state index in [1.807, 2.05) is 37.3 Å². The number of rotatable bonds is 2. The van der Waals surface area contributed by atoms with Crippen LogP contribution in [0.5, 0.6) is 0 Å². The molecule has 0 bridgehead atoms. The molecule has 0 aliphatic rings. The van der Waals surface area contributed by atoms with Crippen molar-refractivity contribution in [3.63, 3.8) is 0 Å². The molecule has 0 saturated carbocycles. The Hall–Kier alpha value is -1.71. The zero-order valence-electron chi connectivity index (χ0n) is 10.7. The Morgan fingerprint density at radius 3 is 2.75 bits per heavy atom. The fourth-order valence-electron chi connectivity index (χ4n) is 1.95. The lowest BCUT2D eigenvalue weighted by Crippen LogP contribution is -2.01. The van der Waals surface area contributed by atoms with Gasteiger partial charge in [-0.1, -0.05) is 41.1 Å². The van der Waals surface area contributed by atoms with E-state index in [1.165, 1.54) is 11.8 Å². The molecule has 0 N–H and O–H groups in total. The summed E-state index contributed by atoms with van der Waals surface area (Å²) in [7, 11) is 0. The Balaban J connectivity index is 2.07. The molecule has 1 heterocycles. The Morgan fingerprint density at radius 1 is 1.10 bits per heavy atom. The molecule has 3 rings (SSSR count). The van der Waals surface area contributed by atoms with Gasteiger partial charge in [0.15, 0.2) is 0 Å². The van der Waals surface area contributed by atoms with Crippen molar-refractivity contribution in [3.8, 4) is 0 Å². The molecular formula is C16H11ClO2S. The minimum atomic E-state index is -0.327. The van der Waals surface area contributed by atoms with Gasteiger partial charge in [0.2, 0.25) is 0 Å². The van der Waals surface area contributed by atoms with Crippen LogP contribution >= 0.6 is 23.4 Å². The zero-order chi connectivity index (χ0) is 14.1. The fraction of sp³-hybridized carbons (Fsp3) is 0.0625. The molecule has 0 atom stereocenters. The van der Waals surface area contributed by atoms with Crippen LogP contribution in [0.3, 0.4) is 0 Å². The number of hydrogen-bond donors (Lipinski definition) is 0. The van der Waals surface area contributed by atoms with E-state index in [-0.39, 0.29) is 5.63 Å². The normalized spacial score (nSPS) is 10.9. The predicted molar refractivity (Wildman–Crippen MR) is 82.8 cm³/mol. The van der Waals surface area contributed by atoms with Gasteiger partial charge in [0.25, 0.3) is 0 Å². The molecule has 0 amide bonds. The van der Waals surface area contributed by atoms with Gasteiger partial charge in [0.1, 0.15) is 5.58 Å². The van der Waals surface area contributed by atoms with Crippen molar-refractivity contribution in [1.82, 2.24) is 0 Å². The quantitative estimate of drug-likeness (QED) is 0.630. The van der Waals surface area contributed by atoms with Crippen LogP contribution in [0.15, 0.2) is 67.5 Å². The van der Waals surface area contributed by atoms with Gasteiger partial charge in [-0.15, -0.1) is 0 Å². The lowest BCUT2D eigenvalue weighted by atomic mass is 10.2. The summed E-state index contributed by atoms with van der Waals surface area (Å²) in [5.74, 6) is 0. The van der Waals surface area contributed by atoms with Crippen molar-refractivity contribution in [2.75, 3.05) is 0 Å². The molecule has 1 aromatic heterocycles. The van der Waals surface area contributed by atoms with Crippen LogP contribution in [0.1, 0.15) is 5.56 Å². The first kappa shape index (κ1) is 13.3. The lowest BCUT2D eigenvalue weighted by Gasteiger charge is -2.03. The third-order valence-electron chi connectivity index (χ3n) is 2.88. The molecule has 0 radical (unpaired) electrons. The van der Waals surface area contributed by atoms with Crippen molar-refractivity contribution in [2.24, 2.45) is 0 Å². The Kier molecular flexibility index (Phi) is 3.55. The van der Waals surface area contributed by atoms with Crippen LogP contribution < -0.4 is 5.63 Å². The first-order valence-electron chi connectivity index (χ1n) is 6.10. The molecule has 0 fully saturated rings. The summed E-state index contributed by atoms with van der Waals surface area (Å²) >= 11 is 7.36. The lowest BCUT2D eigenvalue weighted by molar-refractivity contribution is 0.544. The monoisotopic (exact) mass is 302 g/mol. The number of hydrogen-bond acceptors (Lipinski definition) is 3. The second-order valence-corrected chi connectivity index (χ2v) is 6.05. The van der Waals surface area contributed by atoms with Crippen molar-refractivity contribution in [1.29, 1.82) is 0 Å². The SMILES string of the molecule is Cc1cccc(Sc2cc3cc(Cl)ccc3oc2=O)c1. The molecule has 0 aliphatic heterocycles. The van der Waals surface area contributed by atoms with E-state index in [9.17, 15) is 4.79 Å². The number of fused-ring (bicyclic) bond motifs is 1. The number of benzene rings is 2. The molecule has 0 saturated heterocycles. The number of aryl methyl sites for hydroxylation is 1. The molecule has 0 aliphatic carbocycles. The maximum Gasteiger partial charge on any atom is 0.350 e. The summed E-state index contributed by atoms with van der Waals surface area (Å²) < 4.78 is 5.32. The highest BCUT2D eigenvalue weighted by Gasteiger charge is 2.07. The van der Waals surface area contributed by atoms with Crippen LogP contribution in [0, 0.1) is 6.92 Å². The van der Waals surface area contributed by atoms with Gasteiger partial charge >= 0.3 is 5.63 Å². The van der Waals surface area contributed by atoms with Gasteiger partial charge in [0, 0.05) is 15.3 Å². The molecule has 20 heavy (non-hydrogen) atoms. The molecular weight excluding hydrogens is 292 g/mol. The van der Waals surface area contributed by atoms with Gasteiger partial charge in [-0.2, -0.15) is 0 Å². The van der Waals surface area contributed by atoms with E-state index in [2.05, 4.69) is 0 Å². The van der Waals surface area contributed by atoms with Crippen LogP contribution in [-0.4, -0.2) is 0 Å². The maximum atomic E-state index is 12.0. The summed E-state index contributed by atoms with van der Waals surface area (Å²) in [6.07, 6.45) is 0. The van der Waals surface area contributed by atoms with Gasteiger partial charge in [0.05, 0.1) is 4.90 Å². The predicted octanol–water partition coefficient (Wildman–Crippen LogP) is 4.91. The summed E-state index contributed by atoms with van der Waals surface area (Å²) in [6, 6.07) is 15.0. The standard InChI is InChI=1S/C16H11ClO2S/c1-10-3-2-4-13(7-10)20-15-9-11-8-12(17)5-6-14(11)19-16(15)18/h2-9H,1H3. The van der Waals surface area contributed by atoms with Gasteiger partial charge in [-0.3, -0.25) is 0 Å². The highest BCUT2D eigenvalue weighted by Crippen LogP contribution is 2.28. The third kappa shape index (κ3) is 2.74. The largest absolute Gasteiger partial charge is 0.422 e. The first-order valence-corrected chi connectivity index (χ1v) is 7.29. The molecule has 100 valence electrons. The van der Waals surface area contributed by atoms with E-state index in [0.717, 1.165) is 15.8 Å². The summed E-state index contributed by atoms with van der Waals surface area (Å²) in [5.41, 5.74) is 1.38. The van der Waals surface area contributed by atoms with Gasteiger partial charge < -0.3 is 4.42 Å². The molecule has 0 spiro atoms. The van der Waals surface area contributed by atoms with Gasteiger partial charge in [-0.25, -0.2) is 4.79 Å². The first-order chi connectivity index (χ1) is 9.61. The maximum absolute atomic E-state index is 12.0. The Labute approximate surface area is 125 Å². The smallest absolute Gasteiger partial charge is 0.350 e.